The van der Waals surface area contributed by atoms with E-state index in [4.69, 9.17) is 13.9 Å². The number of ether oxygens (including phenoxy) is 2. The molecule has 1 aromatic carbocycles. The first-order valence-corrected chi connectivity index (χ1v) is 12.1. The maximum absolute atomic E-state index is 14.0. The maximum Gasteiger partial charge on any atom is 0.410 e. The van der Waals surface area contributed by atoms with E-state index in [1.807, 2.05) is 31.1 Å². The van der Waals surface area contributed by atoms with Crippen LogP contribution in [0, 0.1) is 0 Å². The van der Waals surface area contributed by atoms with E-state index in [1.165, 1.54) is 24.3 Å². The summed E-state index contributed by atoms with van der Waals surface area (Å²) in [5.41, 5.74) is 0.662. The van der Waals surface area contributed by atoms with Crippen molar-refractivity contribution in [2.75, 3.05) is 18.0 Å². The highest BCUT2D eigenvalue weighted by Crippen LogP contribution is 2.41. The summed E-state index contributed by atoms with van der Waals surface area (Å²) in [5, 5.41) is 2.52. The molecule has 2 aromatic heterocycles. The Kier molecular flexibility index (Phi) is 5.42. The Balaban J connectivity index is 1.45. The number of piperazine rings is 1. The van der Waals surface area contributed by atoms with E-state index < -0.39 is 18.1 Å². The molecule has 3 aliphatic heterocycles. The second-order valence-electron chi connectivity index (χ2n) is 9.55. The second-order valence-corrected chi connectivity index (χ2v) is 10.4. The Morgan fingerprint density at radius 2 is 2.00 bits per heavy atom. The third-order valence-electron chi connectivity index (χ3n) is 5.90. The summed E-state index contributed by atoms with van der Waals surface area (Å²) in [5.74, 6) is -0.0466. The third-order valence-corrected chi connectivity index (χ3v) is 6.70. The lowest BCUT2D eigenvalue weighted by molar-refractivity contribution is -0.176. The molecule has 2 atom stereocenters. The van der Waals surface area contributed by atoms with Gasteiger partial charge in [0.25, 0.3) is 6.01 Å². The van der Waals surface area contributed by atoms with Crippen LogP contribution in [0.15, 0.2) is 28.1 Å². The van der Waals surface area contributed by atoms with Crippen LogP contribution in [0.1, 0.15) is 40.5 Å². The molecular formula is C23H26F2N4O4S. The zero-order valence-electron chi connectivity index (χ0n) is 19.4. The first kappa shape index (κ1) is 22.8. The molecule has 0 spiro atoms. The third kappa shape index (κ3) is 4.17. The fourth-order valence-electron chi connectivity index (χ4n) is 4.33. The number of carbonyl (C=O) groups excluding carboxylic acids is 1. The molecule has 34 heavy (non-hydrogen) atoms. The van der Waals surface area contributed by atoms with Crippen molar-refractivity contribution >= 4 is 34.5 Å². The minimum atomic E-state index is -3.32. The molecule has 0 radical (unpaired) electrons. The minimum Gasteiger partial charge on any atom is -0.444 e. The van der Waals surface area contributed by atoms with Crippen molar-refractivity contribution < 1.29 is 27.5 Å². The van der Waals surface area contributed by atoms with E-state index in [0.717, 1.165) is 6.42 Å². The molecule has 0 aliphatic carbocycles. The normalized spacial score (nSPS) is 20.4. The zero-order chi connectivity index (χ0) is 24.3. The van der Waals surface area contributed by atoms with Gasteiger partial charge in [0.2, 0.25) is 0 Å². The van der Waals surface area contributed by atoms with Gasteiger partial charge < -0.3 is 18.8 Å². The van der Waals surface area contributed by atoms with E-state index in [1.54, 1.807) is 17.2 Å². The molecular weight excluding hydrogens is 466 g/mol. The number of aromatic nitrogens is 2. The van der Waals surface area contributed by atoms with Crippen molar-refractivity contribution in [1.82, 2.24) is 14.9 Å². The molecule has 3 saturated heterocycles. The summed E-state index contributed by atoms with van der Waals surface area (Å²) in [7, 11) is 0. The van der Waals surface area contributed by atoms with Gasteiger partial charge in [0.05, 0.1) is 17.6 Å². The molecule has 3 aromatic rings. The molecule has 0 N–H and O–H groups in total. The van der Waals surface area contributed by atoms with E-state index in [9.17, 15) is 13.6 Å². The average Bonchev–Trinajstić information content (AvgIpc) is 3.43. The Hall–Kier alpha value is -2.95. The fourth-order valence-corrected chi connectivity index (χ4v) is 4.99. The van der Waals surface area contributed by atoms with Crippen molar-refractivity contribution in [2.24, 2.45) is 0 Å². The lowest BCUT2D eigenvalue weighted by atomic mass is 9.88. The van der Waals surface area contributed by atoms with Crippen molar-refractivity contribution in [1.29, 1.82) is 0 Å². The SMILES string of the molecule is CCC(F)(F)Oc1ccc(-c2nccs2)c2oc(N3CC4CC(C3)N4C(=O)OC(C)(C)C)nc12. The first-order chi connectivity index (χ1) is 16.0. The van der Waals surface area contributed by atoms with Gasteiger partial charge in [-0.15, -0.1) is 11.3 Å². The van der Waals surface area contributed by atoms with Gasteiger partial charge in [-0.1, -0.05) is 6.92 Å². The van der Waals surface area contributed by atoms with Gasteiger partial charge in [0.1, 0.15) is 10.6 Å². The number of thiazole rings is 1. The van der Waals surface area contributed by atoms with Crippen LogP contribution in [0.3, 0.4) is 0 Å². The molecule has 11 heteroatoms. The molecule has 5 heterocycles. The van der Waals surface area contributed by atoms with Crippen LogP contribution in [0.4, 0.5) is 19.6 Å². The van der Waals surface area contributed by atoms with Gasteiger partial charge >= 0.3 is 12.2 Å². The molecule has 2 unspecified atom stereocenters. The standard InChI is InChI=1S/C23H26F2N4O4S/c1-5-23(24,25)32-16-7-6-15(19-26-8-9-34-19)18-17(16)27-20(31-18)28-11-13-10-14(12-28)29(13)21(30)33-22(2,3)4/h6-9,13-14H,5,10-12H2,1-4H3. The van der Waals surface area contributed by atoms with Crippen LogP contribution in [0.25, 0.3) is 21.7 Å². The molecule has 0 saturated carbocycles. The summed E-state index contributed by atoms with van der Waals surface area (Å²) >= 11 is 1.42. The predicted octanol–water partition coefficient (Wildman–Crippen LogP) is 5.53. The number of oxazole rings is 1. The summed E-state index contributed by atoms with van der Waals surface area (Å²) in [6.07, 6.45) is -1.58. The number of rotatable bonds is 5. The molecule has 2 bridgehead atoms. The van der Waals surface area contributed by atoms with Gasteiger partial charge in [-0.3, -0.25) is 4.90 Å². The molecule has 8 nitrogen and oxygen atoms in total. The van der Waals surface area contributed by atoms with E-state index in [0.29, 0.717) is 35.3 Å². The zero-order valence-corrected chi connectivity index (χ0v) is 20.2. The van der Waals surface area contributed by atoms with Crippen molar-refractivity contribution in [3.05, 3.63) is 23.7 Å². The summed E-state index contributed by atoms with van der Waals surface area (Å²) in [6, 6.07) is 3.40. The van der Waals surface area contributed by atoms with Crippen molar-refractivity contribution in [2.45, 2.75) is 64.3 Å². The molecule has 6 rings (SSSR count). The fraction of sp³-hybridized carbons (Fsp3) is 0.522. The number of benzene rings is 1. The number of halogens is 2. The van der Waals surface area contributed by atoms with Crippen LogP contribution < -0.4 is 9.64 Å². The largest absolute Gasteiger partial charge is 0.444 e. The molecule has 3 aliphatic rings. The Labute approximate surface area is 199 Å². The van der Waals surface area contributed by atoms with Gasteiger partial charge in [0.15, 0.2) is 16.8 Å². The number of carbonyl (C=O) groups is 1. The Morgan fingerprint density at radius 1 is 1.26 bits per heavy atom. The van der Waals surface area contributed by atoms with Gasteiger partial charge in [0, 0.05) is 31.1 Å². The number of alkyl halides is 2. The van der Waals surface area contributed by atoms with Crippen molar-refractivity contribution in [3.8, 4) is 16.3 Å². The predicted molar refractivity (Wildman–Crippen MR) is 123 cm³/mol. The minimum absolute atomic E-state index is 0.0257. The number of hydrogen-bond donors (Lipinski definition) is 0. The highest BCUT2D eigenvalue weighted by atomic mass is 32.1. The Morgan fingerprint density at radius 3 is 2.62 bits per heavy atom. The molecule has 1 amide bonds. The van der Waals surface area contributed by atoms with Gasteiger partial charge in [-0.25, -0.2) is 9.78 Å². The highest BCUT2D eigenvalue weighted by molar-refractivity contribution is 7.13. The van der Waals surface area contributed by atoms with E-state index in [2.05, 4.69) is 9.97 Å². The lowest BCUT2D eigenvalue weighted by Gasteiger charge is -2.55. The number of nitrogens with zero attached hydrogens (tertiary/aromatic N) is 4. The second kappa shape index (κ2) is 8.07. The van der Waals surface area contributed by atoms with Crippen molar-refractivity contribution in [3.63, 3.8) is 0 Å². The van der Waals surface area contributed by atoms with Crippen LogP contribution in [-0.2, 0) is 4.74 Å². The van der Waals surface area contributed by atoms with Crippen LogP contribution in [-0.4, -0.2) is 57.8 Å². The smallest absolute Gasteiger partial charge is 0.410 e. The summed E-state index contributed by atoms with van der Waals surface area (Å²) in [4.78, 5) is 25.2. The number of piperidine rings is 1. The lowest BCUT2D eigenvalue weighted by Crippen LogP contribution is -2.70. The summed E-state index contributed by atoms with van der Waals surface area (Å²) < 4.78 is 44.7. The first-order valence-electron chi connectivity index (χ1n) is 11.2. The van der Waals surface area contributed by atoms with Gasteiger partial charge in [-0.2, -0.15) is 13.8 Å². The summed E-state index contributed by atoms with van der Waals surface area (Å²) in [6.45, 7) is 7.89. The quantitative estimate of drug-likeness (QED) is 0.463. The van der Waals surface area contributed by atoms with Crippen LogP contribution >= 0.6 is 11.3 Å². The number of amides is 1. The average molecular weight is 493 g/mol. The topological polar surface area (TPSA) is 80.9 Å². The highest BCUT2D eigenvalue weighted by Gasteiger charge is 2.49. The Bertz CT molecular complexity index is 1200. The monoisotopic (exact) mass is 492 g/mol. The van der Waals surface area contributed by atoms with Crippen LogP contribution in [0.5, 0.6) is 5.75 Å². The van der Waals surface area contributed by atoms with Crippen LogP contribution in [0.2, 0.25) is 0 Å². The molecule has 3 fully saturated rings. The van der Waals surface area contributed by atoms with E-state index in [-0.39, 0.29) is 29.4 Å². The number of anilines is 1. The van der Waals surface area contributed by atoms with Gasteiger partial charge in [-0.05, 0) is 39.3 Å². The number of hydrogen-bond acceptors (Lipinski definition) is 8. The maximum atomic E-state index is 14.0. The number of fused-ring (bicyclic) bond motifs is 3. The van der Waals surface area contributed by atoms with E-state index >= 15 is 0 Å². The molecule has 182 valence electrons.